The molecule has 0 spiro atoms. The van der Waals surface area contributed by atoms with Crippen LogP contribution in [0.5, 0.6) is 11.6 Å². The first-order valence-electron chi connectivity index (χ1n) is 4.58. The summed E-state index contributed by atoms with van der Waals surface area (Å²) in [7, 11) is 0. The molecular formula is C11H8BrClN2O. The van der Waals surface area contributed by atoms with E-state index in [1.54, 1.807) is 12.1 Å². The van der Waals surface area contributed by atoms with Crippen molar-refractivity contribution in [2.24, 2.45) is 0 Å². The summed E-state index contributed by atoms with van der Waals surface area (Å²) in [6, 6.07) is 9.10. The minimum absolute atomic E-state index is 0.343. The first-order valence-corrected chi connectivity index (χ1v) is 5.75. The van der Waals surface area contributed by atoms with Crippen molar-refractivity contribution in [2.75, 3.05) is 0 Å². The fraction of sp³-hybridized carbons (Fsp3) is 0.0909. The van der Waals surface area contributed by atoms with Crippen LogP contribution in [0.4, 0.5) is 0 Å². The van der Waals surface area contributed by atoms with E-state index in [1.807, 2.05) is 25.1 Å². The van der Waals surface area contributed by atoms with Gasteiger partial charge in [-0.15, -0.1) is 10.2 Å². The molecule has 0 atom stereocenters. The third-order valence-electron chi connectivity index (χ3n) is 1.91. The van der Waals surface area contributed by atoms with Crippen molar-refractivity contribution in [3.63, 3.8) is 0 Å². The monoisotopic (exact) mass is 298 g/mol. The molecule has 82 valence electrons. The molecule has 2 rings (SSSR count). The second-order valence-electron chi connectivity index (χ2n) is 3.23. The summed E-state index contributed by atoms with van der Waals surface area (Å²) < 4.78 is 6.42. The lowest BCUT2D eigenvalue weighted by Crippen LogP contribution is -1.91. The van der Waals surface area contributed by atoms with Crippen LogP contribution in [-0.4, -0.2) is 10.2 Å². The maximum Gasteiger partial charge on any atom is 0.238 e. The van der Waals surface area contributed by atoms with Gasteiger partial charge in [-0.05, 0) is 46.6 Å². The molecule has 2 aromatic rings. The van der Waals surface area contributed by atoms with Gasteiger partial charge in [-0.2, -0.15) is 0 Å². The van der Waals surface area contributed by atoms with Gasteiger partial charge in [0, 0.05) is 6.07 Å². The molecule has 1 aromatic heterocycles. The van der Waals surface area contributed by atoms with E-state index >= 15 is 0 Å². The van der Waals surface area contributed by atoms with Crippen molar-refractivity contribution in [1.29, 1.82) is 0 Å². The molecule has 16 heavy (non-hydrogen) atoms. The van der Waals surface area contributed by atoms with E-state index in [4.69, 9.17) is 16.3 Å². The van der Waals surface area contributed by atoms with Crippen LogP contribution in [-0.2, 0) is 0 Å². The predicted octanol–water partition coefficient (Wildman–Crippen LogP) is 3.99. The molecule has 0 aliphatic carbocycles. The summed E-state index contributed by atoms with van der Waals surface area (Å²) >= 11 is 9.05. The van der Waals surface area contributed by atoms with E-state index in [0.717, 1.165) is 10.0 Å². The molecule has 0 amide bonds. The number of aromatic nitrogens is 2. The minimum Gasteiger partial charge on any atom is -0.436 e. The number of hydrogen-bond donors (Lipinski definition) is 0. The number of ether oxygens (including phenoxy) is 1. The molecule has 0 N–H and O–H groups in total. The molecule has 0 unspecified atom stereocenters. The highest BCUT2D eigenvalue weighted by Gasteiger charge is 2.04. The number of hydrogen-bond acceptors (Lipinski definition) is 3. The highest BCUT2D eigenvalue weighted by molar-refractivity contribution is 9.10. The van der Waals surface area contributed by atoms with Gasteiger partial charge in [0.25, 0.3) is 0 Å². The fourth-order valence-corrected chi connectivity index (χ4v) is 1.83. The summed E-state index contributed by atoms with van der Waals surface area (Å²) in [5, 5.41) is 7.85. The van der Waals surface area contributed by atoms with Gasteiger partial charge in [-0.3, -0.25) is 0 Å². The standard InChI is InChI=1S/C11H8BrClN2O/c1-7-2-3-9(8(12)6-7)16-11-5-4-10(13)14-15-11/h2-6H,1H3. The lowest BCUT2D eigenvalue weighted by Gasteiger charge is -2.06. The Hall–Kier alpha value is -1.13. The lowest BCUT2D eigenvalue weighted by molar-refractivity contribution is 0.452. The average Bonchev–Trinajstić information content (AvgIpc) is 2.25. The van der Waals surface area contributed by atoms with Gasteiger partial charge in [-0.1, -0.05) is 17.7 Å². The van der Waals surface area contributed by atoms with E-state index in [2.05, 4.69) is 26.1 Å². The first-order chi connectivity index (χ1) is 7.65. The molecule has 0 saturated heterocycles. The highest BCUT2D eigenvalue weighted by Crippen LogP contribution is 2.29. The number of nitrogens with zero attached hydrogens (tertiary/aromatic N) is 2. The van der Waals surface area contributed by atoms with Crippen LogP contribution in [0, 0.1) is 6.92 Å². The topological polar surface area (TPSA) is 35.0 Å². The quantitative estimate of drug-likeness (QED) is 0.841. The Labute approximate surface area is 107 Å². The van der Waals surface area contributed by atoms with Gasteiger partial charge < -0.3 is 4.74 Å². The number of halogens is 2. The maximum absolute atomic E-state index is 5.63. The van der Waals surface area contributed by atoms with Gasteiger partial charge in [0.05, 0.1) is 4.47 Å². The zero-order chi connectivity index (χ0) is 11.5. The lowest BCUT2D eigenvalue weighted by atomic mass is 10.2. The van der Waals surface area contributed by atoms with Gasteiger partial charge in [0.2, 0.25) is 5.88 Å². The van der Waals surface area contributed by atoms with Crippen molar-refractivity contribution in [1.82, 2.24) is 10.2 Å². The Morgan fingerprint density at radius 3 is 2.62 bits per heavy atom. The minimum atomic E-state index is 0.343. The van der Waals surface area contributed by atoms with Crippen molar-refractivity contribution in [3.05, 3.63) is 45.5 Å². The third-order valence-corrected chi connectivity index (χ3v) is 2.73. The number of aryl methyl sites for hydroxylation is 1. The van der Waals surface area contributed by atoms with Crippen LogP contribution in [0.25, 0.3) is 0 Å². The first kappa shape index (κ1) is 11.4. The zero-order valence-corrected chi connectivity index (χ0v) is 10.8. The summed E-state index contributed by atoms with van der Waals surface area (Å²) in [6.07, 6.45) is 0. The molecule has 0 fully saturated rings. The Morgan fingerprint density at radius 2 is 2.00 bits per heavy atom. The Bertz CT molecular complexity index is 502. The average molecular weight is 300 g/mol. The molecule has 0 radical (unpaired) electrons. The summed E-state index contributed by atoms with van der Waals surface area (Å²) in [5.74, 6) is 1.11. The second kappa shape index (κ2) is 4.80. The predicted molar refractivity (Wildman–Crippen MR) is 66.0 cm³/mol. The van der Waals surface area contributed by atoms with Crippen LogP contribution in [0.2, 0.25) is 5.15 Å². The number of benzene rings is 1. The van der Waals surface area contributed by atoms with E-state index in [-0.39, 0.29) is 0 Å². The Morgan fingerprint density at radius 1 is 1.19 bits per heavy atom. The van der Waals surface area contributed by atoms with E-state index in [0.29, 0.717) is 16.8 Å². The maximum atomic E-state index is 5.63. The van der Waals surface area contributed by atoms with Crippen molar-refractivity contribution < 1.29 is 4.74 Å². The summed E-state index contributed by atoms with van der Waals surface area (Å²) in [5.41, 5.74) is 1.15. The highest BCUT2D eigenvalue weighted by atomic mass is 79.9. The van der Waals surface area contributed by atoms with Crippen molar-refractivity contribution in [3.8, 4) is 11.6 Å². The van der Waals surface area contributed by atoms with Crippen LogP contribution >= 0.6 is 27.5 Å². The van der Waals surface area contributed by atoms with Crippen LogP contribution < -0.4 is 4.74 Å². The molecule has 1 heterocycles. The summed E-state index contributed by atoms with van der Waals surface area (Å²) in [4.78, 5) is 0. The normalized spacial score (nSPS) is 10.2. The van der Waals surface area contributed by atoms with Gasteiger partial charge in [-0.25, -0.2) is 0 Å². The number of rotatable bonds is 2. The molecule has 0 aliphatic rings. The van der Waals surface area contributed by atoms with Crippen molar-refractivity contribution >= 4 is 27.5 Å². The molecule has 1 aromatic carbocycles. The molecular weight excluding hydrogens is 291 g/mol. The van der Waals surface area contributed by atoms with Gasteiger partial charge in [0.15, 0.2) is 5.15 Å². The summed E-state index contributed by atoms with van der Waals surface area (Å²) in [6.45, 7) is 2.01. The Kier molecular flexibility index (Phi) is 3.41. The van der Waals surface area contributed by atoms with Gasteiger partial charge in [0.1, 0.15) is 5.75 Å². The second-order valence-corrected chi connectivity index (χ2v) is 4.47. The van der Waals surface area contributed by atoms with E-state index < -0.39 is 0 Å². The fourth-order valence-electron chi connectivity index (χ4n) is 1.16. The SMILES string of the molecule is Cc1ccc(Oc2ccc(Cl)nn2)c(Br)c1. The molecule has 0 aliphatic heterocycles. The Balaban J connectivity index is 2.23. The van der Waals surface area contributed by atoms with E-state index in [9.17, 15) is 0 Å². The van der Waals surface area contributed by atoms with E-state index in [1.165, 1.54) is 0 Å². The molecule has 5 heteroatoms. The smallest absolute Gasteiger partial charge is 0.238 e. The van der Waals surface area contributed by atoms with Crippen LogP contribution in [0.1, 0.15) is 5.56 Å². The zero-order valence-electron chi connectivity index (χ0n) is 8.45. The molecule has 3 nitrogen and oxygen atoms in total. The van der Waals surface area contributed by atoms with Gasteiger partial charge >= 0.3 is 0 Å². The molecule has 0 saturated carbocycles. The third kappa shape index (κ3) is 2.71. The van der Waals surface area contributed by atoms with Crippen LogP contribution in [0.3, 0.4) is 0 Å². The van der Waals surface area contributed by atoms with Crippen LogP contribution in [0.15, 0.2) is 34.8 Å². The largest absolute Gasteiger partial charge is 0.436 e. The van der Waals surface area contributed by atoms with Crippen molar-refractivity contribution in [2.45, 2.75) is 6.92 Å². The molecule has 0 bridgehead atoms.